The maximum Gasteiger partial charge on any atom is 0.418 e. The molecule has 4 heterocycles. The number of carbonyl (C=O) groups is 1. The molecule has 0 radical (unpaired) electrons. The Morgan fingerprint density at radius 1 is 0.944 bits per heavy atom. The Bertz CT molecular complexity index is 1060. The zero-order valence-electron chi connectivity index (χ0n) is 19.6. The molecule has 2 aliphatic heterocycles. The molecule has 2 aromatic heterocycles. The molecule has 198 valence electrons. The number of nitrogens with one attached hydrogen (secondary N) is 2. The fraction of sp³-hybridized carbons (Fsp3) is 0.609. The van der Waals surface area contributed by atoms with Gasteiger partial charge in [-0.25, -0.2) is 9.97 Å². The van der Waals surface area contributed by atoms with Crippen molar-refractivity contribution in [2.45, 2.75) is 44.1 Å². The third-order valence-corrected chi connectivity index (χ3v) is 6.51. The first-order valence-corrected chi connectivity index (χ1v) is 11.9. The average Bonchev–Trinajstić information content (AvgIpc) is 3.34. The summed E-state index contributed by atoms with van der Waals surface area (Å²) in [5.74, 6) is -1.18. The molecule has 1 amide bonds. The predicted molar refractivity (Wildman–Crippen MR) is 122 cm³/mol. The van der Waals surface area contributed by atoms with Gasteiger partial charge in [-0.3, -0.25) is 4.79 Å². The standard InChI is InChI=1S/C23H28F6N6O/c24-22(25,26)14-30-19-13-16(23(27,28)29)20-17(32-19)3-4-18(33-20)21(36)31-15-5-9-35(10-6-15)12-11-34-7-1-2-8-34/h3-4,13,15H,1-2,5-12,14H2,(H,30,32)(H,31,36). The summed E-state index contributed by atoms with van der Waals surface area (Å²) in [4.78, 5) is 25.2. The van der Waals surface area contributed by atoms with E-state index in [1.54, 1.807) is 0 Å². The summed E-state index contributed by atoms with van der Waals surface area (Å²) >= 11 is 0. The van der Waals surface area contributed by atoms with E-state index in [0.29, 0.717) is 6.07 Å². The van der Waals surface area contributed by atoms with Crippen LogP contribution >= 0.6 is 0 Å². The largest absolute Gasteiger partial charge is 0.418 e. The highest BCUT2D eigenvalue weighted by atomic mass is 19.4. The van der Waals surface area contributed by atoms with Crippen LogP contribution in [-0.2, 0) is 6.18 Å². The summed E-state index contributed by atoms with van der Waals surface area (Å²) in [5.41, 5.74) is -2.33. The fourth-order valence-corrected chi connectivity index (χ4v) is 4.58. The second-order valence-electron chi connectivity index (χ2n) is 9.22. The van der Waals surface area contributed by atoms with Gasteiger partial charge in [0, 0.05) is 32.2 Å². The van der Waals surface area contributed by atoms with Crippen molar-refractivity contribution in [2.24, 2.45) is 0 Å². The van der Waals surface area contributed by atoms with Crippen LogP contribution in [-0.4, -0.2) is 83.7 Å². The first-order chi connectivity index (χ1) is 17.0. The van der Waals surface area contributed by atoms with Gasteiger partial charge < -0.3 is 20.4 Å². The van der Waals surface area contributed by atoms with E-state index in [9.17, 15) is 31.1 Å². The monoisotopic (exact) mass is 518 g/mol. The van der Waals surface area contributed by atoms with E-state index in [4.69, 9.17) is 0 Å². The third kappa shape index (κ3) is 6.96. The number of amides is 1. The average molecular weight is 519 g/mol. The first kappa shape index (κ1) is 26.4. The Balaban J connectivity index is 1.40. The summed E-state index contributed by atoms with van der Waals surface area (Å²) in [7, 11) is 0. The summed E-state index contributed by atoms with van der Waals surface area (Å²) < 4.78 is 78.4. The van der Waals surface area contributed by atoms with Gasteiger partial charge in [0.15, 0.2) is 0 Å². The minimum Gasteiger partial charge on any atom is -0.361 e. The number of piperidine rings is 1. The van der Waals surface area contributed by atoms with E-state index < -0.39 is 41.7 Å². The van der Waals surface area contributed by atoms with Gasteiger partial charge in [0.1, 0.15) is 23.6 Å². The van der Waals surface area contributed by atoms with Crippen LogP contribution in [0.2, 0.25) is 0 Å². The lowest BCUT2D eigenvalue weighted by Crippen LogP contribution is -2.46. The molecule has 0 spiro atoms. The van der Waals surface area contributed by atoms with E-state index >= 15 is 0 Å². The number of hydrogen-bond acceptors (Lipinski definition) is 6. The van der Waals surface area contributed by atoms with Crippen molar-refractivity contribution in [2.75, 3.05) is 51.1 Å². The van der Waals surface area contributed by atoms with Crippen molar-refractivity contribution in [1.29, 1.82) is 0 Å². The molecule has 2 saturated heterocycles. The number of likely N-dealkylation sites (tertiary alicyclic amines) is 2. The quantitative estimate of drug-likeness (QED) is 0.542. The zero-order valence-corrected chi connectivity index (χ0v) is 19.6. The molecule has 36 heavy (non-hydrogen) atoms. The Kier molecular flexibility index (Phi) is 7.88. The maximum absolute atomic E-state index is 13.6. The second kappa shape index (κ2) is 10.8. The highest BCUT2D eigenvalue weighted by molar-refractivity contribution is 5.95. The van der Waals surface area contributed by atoms with E-state index in [2.05, 4.69) is 25.1 Å². The summed E-state index contributed by atoms with van der Waals surface area (Å²) in [5, 5.41) is 4.71. The van der Waals surface area contributed by atoms with Crippen molar-refractivity contribution in [3.63, 3.8) is 0 Å². The van der Waals surface area contributed by atoms with Gasteiger partial charge in [-0.05, 0) is 57.0 Å². The summed E-state index contributed by atoms with van der Waals surface area (Å²) in [6.07, 6.45) is -5.59. The Labute approximate surface area is 204 Å². The molecule has 4 rings (SSSR count). The SMILES string of the molecule is O=C(NC1CCN(CCN2CCCC2)CC1)c1ccc2nc(NCC(F)(F)F)cc(C(F)(F)F)c2n1. The Hall–Kier alpha value is -2.67. The number of aromatic nitrogens is 2. The van der Waals surface area contributed by atoms with Gasteiger partial charge in [0.05, 0.1) is 11.1 Å². The molecule has 0 atom stereocenters. The number of halogens is 6. The molecule has 7 nitrogen and oxygen atoms in total. The predicted octanol–water partition coefficient (Wildman–Crippen LogP) is 3.91. The van der Waals surface area contributed by atoms with E-state index in [0.717, 1.165) is 58.2 Å². The van der Waals surface area contributed by atoms with Crippen LogP contribution in [0.1, 0.15) is 41.7 Å². The molecule has 2 aromatic rings. The number of fused-ring (bicyclic) bond motifs is 1. The number of rotatable bonds is 7. The van der Waals surface area contributed by atoms with Gasteiger partial charge >= 0.3 is 12.4 Å². The number of alkyl halides is 6. The normalized spacial score (nSPS) is 18.6. The van der Waals surface area contributed by atoms with Crippen LogP contribution in [0.15, 0.2) is 18.2 Å². The molecule has 0 saturated carbocycles. The van der Waals surface area contributed by atoms with Gasteiger partial charge in [-0.15, -0.1) is 0 Å². The second-order valence-corrected chi connectivity index (χ2v) is 9.22. The van der Waals surface area contributed by atoms with Crippen LogP contribution in [0, 0.1) is 0 Å². The van der Waals surface area contributed by atoms with Crippen molar-refractivity contribution in [1.82, 2.24) is 25.1 Å². The van der Waals surface area contributed by atoms with E-state index in [-0.39, 0.29) is 17.3 Å². The molecule has 2 fully saturated rings. The molecule has 13 heteroatoms. The smallest absolute Gasteiger partial charge is 0.361 e. The molecular formula is C23H28F6N6O. The van der Waals surface area contributed by atoms with E-state index in [1.165, 1.54) is 18.9 Å². The fourth-order valence-electron chi connectivity index (χ4n) is 4.58. The van der Waals surface area contributed by atoms with Crippen LogP contribution in [0.5, 0.6) is 0 Å². The van der Waals surface area contributed by atoms with Crippen LogP contribution in [0.4, 0.5) is 32.2 Å². The molecule has 2 aliphatic rings. The number of anilines is 1. The van der Waals surface area contributed by atoms with Gasteiger partial charge in [0.25, 0.3) is 5.91 Å². The number of nitrogens with zero attached hydrogens (tertiary/aromatic N) is 4. The van der Waals surface area contributed by atoms with Crippen molar-refractivity contribution >= 4 is 22.8 Å². The van der Waals surface area contributed by atoms with E-state index in [1.807, 2.05) is 5.32 Å². The lowest BCUT2D eigenvalue weighted by atomic mass is 10.0. The summed E-state index contributed by atoms with van der Waals surface area (Å²) in [6, 6.07) is 2.74. The third-order valence-electron chi connectivity index (χ3n) is 6.51. The molecular weight excluding hydrogens is 490 g/mol. The van der Waals surface area contributed by atoms with Crippen molar-refractivity contribution < 1.29 is 31.1 Å². The minimum absolute atomic E-state index is 0.118. The molecule has 0 aromatic carbocycles. The van der Waals surface area contributed by atoms with Gasteiger partial charge in [0.2, 0.25) is 0 Å². The molecule has 0 aliphatic carbocycles. The highest BCUT2D eigenvalue weighted by Gasteiger charge is 2.35. The Morgan fingerprint density at radius 2 is 1.58 bits per heavy atom. The van der Waals surface area contributed by atoms with Crippen LogP contribution in [0.3, 0.4) is 0 Å². The first-order valence-electron chi connectivity index (χ1n) is 11.9. The zero-order chi connectivity index (χ0) is 25.9. The topological polar surface area (TPSA) is 73.4 Å². The number of carbonyl (C=O) groups excluding carboxylic acids is 1. The lowest BCUT2D eigenvalue weighted by molar-refractivity contribution is -0.136. The number of pyridine rings is 2. The van der Waals surface area contributed by atoms with Crippen LogP contribution in [0.25, 0.3) is 11.0 Å². The molecule has 0 unspecified atom stereocenters. The minimum atomic E-state index is -4.90. The van der Waals surface area contributed by atoms with Crippen LogP contribution < -0.4 is 10.6 Å². The number of hydrogen-bond donors (Lipinski definition) is 2. The summed E-state index contributed by atoms with van der Waals surface area (Å²) in [6.45, 7) is 4.39. The molecule has 2 N–H and O–H groups in total. The van der Waals surface area contributed by atoms with Gasteiger partial charge in [-0.1, -0.05) is 0 Å². The molecule has 0 bridgehead atoms. The van der Waals surface area contributed by atoms with Crippen molar-refractivity contribution in [3.05, 3.63) is 29.5 Å². The Morgan fingerprint density at radius 3 is 2.19 bits per heavy atom. The lowest BCUT2D eigenvalue weighted by Gasteiger charge is -2.33. The van der Waals surface area contributed by atoms with Gasteiger partial charge in [-0.2, -0.15) is 26.3 Å². The maximum atomic E-state index is 13.6. The van der Waals surface area contributed by atoms with Crippen molar-refractivity contribution in [3.8, 4) is 0 Å². The highest BCUT2D eigenvalue weighted by Crippen LogP contribution is 2.35.